The van der Waals surface area contributed by atoms with Gasteiger partial charge in [-0.15, -0.1) is 0 Å². The number of hydrogen-bond donors (Lipinski definition) is 1. The van der Waals surface area contributed by atoms with Gasteiger partial charge in [0.2, 0.25) is 0 Å². The van der Waals surface area contributed by atoms with Crippen LogP contribution in [0.2, 0.25) is 0 Å². The molecule has 1 amide bonds. The molecule has 1 aliphatic rings. The number of methoxy groups -OCH3 is 1. The van der Waals surface area contributed by atoms with E-state index in [1.165, 1.54) is 7.11 Å². The van der Waals surface area contributed by atoms with Crippen molar-refractivity contribution in [3.8, 4) is 0 Å². The smallest absolute Gasteiger partial charge is 0.396 e. The van der Waals surface area contributed by atoms with Crippen molar-refractivity contribution < 1.29 is 14.3 Å². The van der Waals surface area contributed by atoms with E-state index in [1.54, 1.807) is 0 Å². The number of carbonyl (C=O) groups excluding carboxylic acids is 2. The molecule has 0 atom stereocenters. The van der Waals surface area contributed by atoms with E-state index in [9.17, 15) is 9.59 Å². The number of nitrogens with one attached hydrogen (secondary N) is 1. The molecule has 13 heavy (non-hydrogen) atoms. The number of carbonyl (C=O) groups is 2. The third-order valence-electron chi connectivity index (χ3n) is 2.40. The van der Waals surface area contributed by atoms with Crippen LogP contribution in [0.4, 0.5) is 0 Å². The molecule has 1 aliphatic carbocycles. The summed E-state index contributed by atoms with van der Waals surface area (Å²) in [6, 6.07) is 0. The van der Waals surface area contributed by atoms with Gasteiger partial charge in [-0.3, -0.25) is 4.79 Å². The molecule has 0 saturated heterocycles. The van der Waals surface area contributed by atoms with Gasteiger partial charge in [0.15, 0.2) is 0 Å². The van der Waals surface area contributed by atoms with Crippen molar-refractivity contribution in [2.24, 2.45) is 5.92 Å². The average Bonchev–Trinajstić information content (AvgIpc) is 2.84. The summed E-state index contributed by atoms with van der Waals surface area (Å²) >= 11 is 0. The van der Waals surface area contributed by atoms with Crippen LogP contribution < -0.4 is 5.32 Å². The summed E-state index contributed by atoms with van der Waals surface area (Å²) < 4.78 is 4.31. The Balaban J connectivity index is 2.47. The van der Waals surface area contributed by atoms with Crippen molar-refractivity contribution >= 4 is 11.9 Å². The Kier molecular flexibility index (Phi) is 2.59. The zero-order chi connectivity index (χ0) is 10.1. The van der Waals surface area contributed by atoms with Gasteiger partial charge in [0.1, 0.15) is 0 Å². The Morgan fingerprint density at radius 1 is 1.38 bits per heavy atom. The Labute approximate surface area is 77.6 Å². The van der Waals surface area contributed by atoms with E-state index in [0.717, 1.165) is 12.8 Å². The summed E-state index contributed by atoms with van der Waals surface area (Å²) in [6.45, 7) is 3.84. The van der Waals surface area contributed by atoms with E-state index >= 15 is 0 Å². The van der Waals surface area contributed by atoms with Gasteiger partial charge in [0.25, 0.3) is 0 Å². The van der Waals surface area contributed by atoms with Crippen LogP contribution in [0, 0.1) is 5.92 Å². The zero-order valence-corrected chi connectivity index (χ0v) is 8.22. The molecule has 74 valence electrons. The molecule has 4 nitrogen and oxygen atoms in total. The number of hydrogen-bond acceptors (Lipinski definition) is 3. The summed E-state index contributed by atoms with van der Waals surface area (Å²) in [5, 5.41) is 2.66. The van der Waals surface area contributed by atoms with Gasteiger partial charge in [-0.1, -0.05) is 0 Å². The highest BCUT2D eigenvalue weighted by molar-refractivity contribution is 6.32. The molecule has 1 fully saturated rings. The molecule has 0 heterocycles. The summed E-state index contributed by atoms with van der Waals surface area (Å²) in [5.74, 6) is -0.978. The fourth-order valence-electron chi connectivity index (χ4n) is 1.34. The van der Waals surface area contributed by atoms with Crippen molar-refractivity contribution in [3.63, 3.8) is 0 Å². The first-order valence-corrected chi connectivity index (χ1v) is 4.38. The number of esters is 1. The molecule has 0 bridgehead atoms. The first-order valence-electron chi connectivity index (χ1n) is 4.38. The van der Waals surface area contributed by atoms with Gasteiger partial charge in [0.05, 0.1) is 7.11 Å². The fourth-order valence-corrected chi connectivity index (χ4v) is 1.34. The van der Waals surface area contributed by atoms with E-state index in [1.807, 2.05) is 13.8 Å². The van der Waals surface area contributed by atoms with E-state index in [-0.39, 0.29) is 5.54 Å². The molecular formula is C9H15NO3. The van der Waals surface area contributed by atoms with Crippen LogP contribution in [0.1, 0.15) is 26.7 Å². The van der Waals surface area contributed by atoms with Crippen LogP contribution in [0.3, 0.4) is 0 Å². The lowest BCUT2D eigenvalue weighted by Crippen LogP contribution is -2.48. The summed E-state index contributed by atoms with van der Waals surface area (Å²) in [6.07, 6.45) is 2.24. The van der Waals surface area contributed by atoms with Crippen LogP contribution in [0.5, 0.6) is 0 Å². The monoisotopic (exact) mass is 185 g/mol. The molecule has 0 spiro atoms. The quantitative estimate of drug-likeness (QED) is 0.502. The Morgan fingerprint density at radius 2 is 1.92 bits per heavy atom. The van der Waals surface area contributed by atoms with Gasteiger partial charge in [-0.2, -0.15) is 0 Å². The van der Waals surface area contributed by atoms with Crippen molar-refractivity contribution in [3.05, 3.63) is 0 Å². The third-order valence-corrected chi connectivity index (χ3v) is 2.40. The van der Waals surface area contributed by atoms with E-state index < -0.39 is 11.9 Å². The Hall–Kier alpha value is -1.06. The van der Waals surface area contributed by atoms with Crippen molar-refractivity contribution in [1.29, 1.82) is 0 Å². The molecule has 0 aromatic rings. The number of amides is 1. The molecule has 1 rings (SSSR count). The van der Waals surface area contributed by atoms with E-state index in [0.29, 0.717) is 5.92 Å². The molecule has 0 unspecified atom stereocenters. The SMILES string of the molecule is COC(=O)C(=O)NC(C)(C)C1CC1. The maximum atomic E-state index is 11.1. The highest BCUT2D eigenvalue weighted by atomic mass is 16.5. The highest BCUT2D eigenvalue weighted by Gasteiger charge is 2.39. The Bertz CT molecular complexity index is 231. The number of ether oxygens (including phenoxy) is 1. The van der Waals surface area contributed by atoms with Gasteiger partial charge in [0, 0.05) is 5.54 Å². The molecule has 0 aromatic carbocycles. The van der Waals surface area contributed by atoms with Crippen molar-refractivity contribution in [2.45, 2.75) is 32.2 Å². The minimum atomic E-state index is -0.825. The Morgan fingerprint density at radius 3 is 2.31 bits per heavy atom. The second-order valence-electron chi connectivity index (χ2n) is 3.94. The minimum absolute atomic E-state index is 0.286. The van der Waals surface area contributed by atoms with Crippen molar-refractivity contribution in [2.75, 3.05) is 7.11 Å². The average molecular weight is 185 g/mol. The zero-order valence-electron chi connectivity index (χ0n) is 8.22. The molecule has 1 N–H and O–H groups in total. The normalized spacial score (nSPS) is 16.5. The standard InChI is InChI=1S/C9H15NO3/c1-9(2,6-4-5-6)10-7(11)8(12)13-3/h6H,4-5H2,1-3H3,(H,10,11). The largest absolute Gasteiger partial charge is 0.462 e. The molecule has 1 saturated carbocycles. The van der Waals surface area contributed by atoms with Gasteiger partial charge in [-0.05, 0) is 32.6 Å². The number of rotatable bonds is 2. The third kappa shape index (κ3) is 2.44. The summed E-state index contributed by atoms with van der Waals surface area (Å²) in [5.41, 5.74) is -0.286. The molecule has 0 aliphatic heterocycles. The lowest BCUT2D eigenvalue weighted by Gasteiger charge is -2.25. The second kappa shape index (κ2) is 3.36. The van der Waals surface area contributed by atoms with Crippen LogP contribution in [-0.2, 0) is 14.3 Å². The first-order chi connectivity index (χ1) is 5.97. The maximum Gasteiger partial charge on any atom is 0.396 e. The molecule has 4 heteroatoms. The predicted octanol–water partition coefficient (Wildman–Crippen LogP) is 0.464. The predicted molar refractivity (Wildman–Crippen MR) is 47.0 cm³/mol. The second-order valence-corrected chi connectivity index (χ2v) is 3.94. The topological polar surface area (TPSA) is 55.4 Å². The van der Waals surface area contributed by atoms with Crippen LogP contribution in [-0.4, -0.2) is 24.5 Å². The van der Waals surface area contributed by atoms with Gasteiger partial charge < -0.3 is 10.1 Å². The lowest BCUT2D eigenvalue weighted by molar-refractivity contribution is -0.153. The summed E-state index contributed by atoms with van der Waals surface area (Å²) in [4.78, 5) is 21.9. The van der Waals surface area contributed by atoms with E-state index in [4.69, 9.17) is 0 Å². The van der Waals surface area contributed by atoms with Crippen LogP contribution in [0.25, 0.3) is 0 Å². The summed E-state index contributed by atoms with van der Waals surface area (Å²) in [7, 11) is 1.20. The van der Waals surface area contributed by atoms with Crippen LogP contribution >= 0.6 is 0 Å². The first kappa shape index (κ1) is 10.0. The van der Waals surface area contributed by atoms with Crippen molar-refractivity contribution in [1.82, 2.24) is 5.32 Å². The van der Waals surface area contributed by atoms with Gasteiger partial charge >= 0.3 is 11.9 Å². The molecule has 0 aromatic heterocycles. The molecular weight excluding hydrogens is 170 g/mol. The van der Waals surface area contributed by atoms with Gasteiger partial charge in [-0.25, -0.2) is 4.79 Å². The molecule has 0 radical (unpaired) electrons. The van der Waals surface area contributed by atoms with Crippen LogP contribution in [0.15, 0.2) is 0 Å². The highest BCUT2D eigenvalue weighted by Crippen LogP contribution is 2.39. The van der Waals surface area contributed by atoms with E-state index in [2.05, 4.69) is 10.1 Å². The lowest BCUT2D eigenvalue weighted by atomic mass is 9.99. The minimum Gasteiger partial charge on any atom is -0.462 e. The fraction of sp³-hybridized carbons (Fsp3) is 0.778. The maximum absolute atomic E-state index is 11.1.